The molecule has 0 fully saturated rings. The van der Waals surface area contributed by atoms with E-state index in [-0.39, 0.29) is 12.2 Å². The highest BCUT2D eigenvalue weighted by Gasteiger charge is 2.20. The maximum atomic E-state index is 10.6. The zero-order valence-electron chi connectivity index (χ0n) is 33.1. The van der Waals surface area contributed by atoms with Gasteiger partial charge in [-0.15, -0.1) is 0 Å². The van der Waals surface area contributed by atoms with E-state index >= 15 is 0 Å². The molecule has 0 rings (SSSR count). The van der Waals surface area contributed by atoms with Gasteiger partial charge in [0.25, 0.3) is 0 Å². The summed E-state index contributed by atoms with van der Waals surface area (Å²) < 4.78 is 0. The van der Waals surface area contributed by atoms with Crippen LogP contribution in [-0.4, -0.2) is 71.0 Å². The van der Waals surface area contributed by atoms with Gasteiger partial charge in [0, 0.05) is 12.6 Å². The van der Waals surface area contributed by atoms with Gasteiger partial charge in [-0.3, -0.25) is 0 Å². The van der Waals surface area contributed by atoms with Crippen molar-refractivity contribution in [1.82, 2.24) is 9.80 Å². The Labute approximate surface area is 292 Å². The van der Waals surface area contributed by atoms with Gasteiger partial charge >= 0.3 is 0 Å². The van der Waals surface area contributed by atoms with Crippen LogP contribution in [0, 0.1) is 0 Å². The second-order valence-corrected chi connectivity index (χ2v) is 14.6. The summed E-state index contributed by atoms with van der Waals surface area (Å²) in [5.41, 5.74) is 0. The first-order valence-electron chi connectivity index (χ1n) is 21.3. The van der Waals surface area contributed by atoms with Crippen LogP contribution in [0.5, 0.6) is 0 Å². The summed E-state index contributed by atoms with van der Waals surface area (Å²) in [5.74, 6) is 0. The molecule has 0 aliphatic rings. The molecular formula is C42H90N2O2. The largest absolute Gasteiger partial charge is 0.393 e. The van der Waals surface area contributed by atoms with Crippen LogP contribution in [0.15, 0.2) is 0 Å². The Morgan fingerprint density at radius 3 is 1.11 bits per heavy atom. The average molecular weight is 655 g/mol. The molecule has 2 N–H and O–H groups in total. The molecule has 46 heavy (non-hydrogen) atoms. The molecule has 3 atom stereocenters. The SMILES string of the molecule is CCCCCCCCC(O)CC(CCCCCCC)N(CCC)CCC.CCCCCCCCCCC(O)CN(CCC)CCC. The van der Waals surface area contributed by atoms with Crippen molar-refractivity contribution in [3.05, 3.63) is 0 Å². The lowest BCUT2D eigenvalue weighted by molar-refractivity contribution is 0.0874. The number of hydrogen-bond acceptors (Lipinski definition) is 4. The molecule has 0 radical (unpaired) electrons. The highest BCUT2D eigenvalue weighted by molar-refractivity contribution is 4.76. The van der Waals surface area contributed by atoms with E-state index in [1.54, 1.807) is 0 Å². The normalized spacial score (nSPS) is 13.6. The maximum Gasteiger partial charge on any atom is 0.0667 e. The monoisotopic (exact) mass is 655 g/mol. The third-order valence-electron chi connectivity index (χ3n) is 9.55. The van der Waals surface area contributed by atoms with E-state index in [2.05, 4.69) is 58.3 Å². The van der Waals surface area contributed by atoms with Crippen LogP contribution in [0.2, 0.25) is 0 Å². The topological polar surface area (TPSA) is 46.9 Å². The highest BCUT2D eigenvalue weighted by Crippen LogP contribution is 2.20. The van der Waals surface area contributed by atoms with Gasteiger partial charge in [0.15, 0.2) is 0 Å². The van der Waals surface area contributed by atoms with Crippen molar-refractivity contribution in [2.75, 3.05) is 32.7 Å². The summed E-state index contributed by atoms with van der Waals surface area (Å²) in [6.07, 6.45) is 34.3. The van der Waals surface area contributed by atoms with E-state index in [4.69, 9.17) is 0 Å². The lowest BCUT2D eigenvalue weighted by Gasteiger charge is -2.33. The fraction of sp³-hybridized carbons (Fsp3) is 1.00. The van der Waals surface area contributed by atoms with Crippen molar-refractivity contribution in [2.45, 2.75) is 240 Å². The summed E-state index contributed by atoms with van der Waals surface area (Å²) in [6.45, 7) is 21.3. The Morgan fingerprint density at radius 2 is 0.717 bits per heavy atom. The molecule has 0 aliphatic carbocycles. The fourth-order valence-corrected chi connectivity index (χ4v) is 6.91. The standard InChI is InChI=1S/C24H51NO.C18H39NO/c1-5-9-11-13-15-17-19-24(26)22-23(18-16-14-12-10-6-2)25(20-7-3)21-8-4;1-4-7-8-9-10-11-12-13-14-18(20)17-19(15-5-2)16-6-3/h23-24,26H,5-22H2,1-4H3;18,20H,4-17H2,1-3H3. The van der Waals surface area contributed by atoms with E-state index < -0.39 is 0 Å². The minimum absolute atomic E-state index is 0.0990. The molecule has 4 nitrogen and oxygen atoms in total. The molecule has 0 aromatic rings. The van der Waals surface area contributed by atoms with E-state index in [0.717, 1.165) is 38.9 Å². The van der Waals surface area contributed by atoms with Crippen LogP contribution in [0.1, 0.15) is 222 Å². The Bertz CT molecular complexity index is 534. The molecule has 0 aromatic heterocycles. The van der Waals surface area contributed by atoms with Gasteiger partial charge < -0.3 is 20.0 Å². The number of unbranched alkanes of at least 4 members (excludes halogenated alkanes) is 16. The van der Waals surface area contributed by atoms with Crippen LogP contribution in [0.25, 0.3) is 0 Å². The van der Waals surface area contributed by atoms with Gasteiger partial charge in [-0.25, -0.2) is 0 Å². The van der Waals surface area contributed by atoms with Crippen molar-refractivity contribution in [2.24, 2.45) is 0 Å². The van der Waals surface area contributed by atoms with Crippen molar-refractivity contribution in [3.8, 4) is 0 Å². The molecule has 0 aromatic carbocycles. The van der Waals surface area contributed by atoms with Crippen LogP contribution in [0.3, 0.4) is 0 Å². The summed E-state index contributed by atoms with van der Waals surface area (Å²) in [5, 5.41) is 20.7. The third kappa shape index (κ3) is 33.7. The van der Waals surface area contributed by atoms with E-state index in [9.17, 15) is 10.2 Å². The average Bonchev–Trinajstić information content (AvgIpc) is 3.04. The molecule has 0 saturated heterocycles. The third-order valence-corrected chi connectivity index (χ3v) is 9.55. The van der Waals surface area contributed by atoms with Gasteiger partial charge in [-0.05, 0) is 77.5 Å². The molecule has 0 spiro atoms. The summed E-state index contributed by atoms with van der Waals surface area (Å²) in [4.78, 5) is 5.08. The van der Waals surface area contributed by atoms with Crippen LogP contribution in [-0.2, 0) is 0 Å². The summed E-state index contributed by atoms with van der Waals surface area (Å²) in [6, 6.07) is 0.589. The Kier molecular flexibility index (Phi) is 40.9. The molecule has 0 aliphatic heterocycles. The number of nitrogens with zero attached hydrogens (tertiary/aromatic N) is 2. The van der Waals surface area contributed by atoms with Crippen LogP contribution >= 0.6 is 0 Å². The van der Waals surface area contributed by atoms with E-state index in [1.165, 1.54) is 167 Å². The molecule has 0 heterocycles. The van der Waals surface area contributed by atoms with Crippen molar-refractivity contribution in [1.29, 1.82) is 0 Å². The first-order valence-corrected chi connectivity index (χ1v) is 21.3. The van der Waals surface area contributed by atoms with E-state index in [1.807, 2.05) is 0 Å². The quantitative estimate of drug-likeness (QED) is 0.0668. The lowest BCUT2D eigenvalue weighted by atomic mass is 9.96. The van der Waals surface area contributed by atoms with Gasteiger partial charge in [-0.1, -0.05) is 170 Å². The molecular weight excluding hydrogens is 564 g/mol. The van der Waals surface area contributed by atoms with Gasteiger partial charge in [-0.2, -0.15) is 0 Å². The highest BCUT2D eigenvalue weighted by atomic mass is 16.3. The molecule has 0 amide bonds. The first-order chi connectivity index (χ1) is 22.4. The fourth-order valence-electron chi connectivity index (χ4n) is 6.91. The number of rotatable bonds is 35. The number of aliphatic hydroxyl groups is 2. The Balaban J connectivity index is 0. The van der Waals surface area contributed by atoms with Crippen molar-refractivity contribution >= 4 is 0 Å². The lowest BCUT2D eigenvalue weighted by Crippen LogP contribution is -2.39. The number of aliphatic hydroxyl groups excluding tert-OH is 2. The van der Waals surface area contributed by atoms with Crippen LogP contribution in [0.4, 0.5) is 0 Å². The maximum absolute atomic E-state index is 10.6. The minimum Gasteiger partial charge on any atom is -0.393 e. The minimum atomic E-state index is -0.117. The van der Waals surface area contributed by atoms with Crippen molar-refractivity contribution in [3.63, 3.8) is 0 Å². The second-order valence-electron chi connectivity index (χ2n) is 14.6. The predicted octanol–water partition coefficient (Wildman–Crippen LogP) is 12.3. The summed E-state index contributed by atoms with van der Waals surface area (Å²) in [7, 11) is 0. The second kappa shape index (κ2) is 39.3. The van der Waals surface area contributed by atoms with Crippen LogP contribution < -0.4 is 0 Å². The smallest absolute Gasteiger partial charge is 0.0667 e. The molecule has 0 saturated carbocycles. The number of hydrogen-bond donors (Lipinski definition) is 2. The van der Waals surface area contributed by atoms with Gasteiger partial charge in [0.2, 0.25) is 0 Å². The molecule has 0 bridgehead atoms. The Hall–Kier alpha value is -0.160. The molecule has 4 heteroatoms. The summed E-state index contributed by atoms with van der Waals surface area (Å²) >= 11 is 0. The van der Waals surface area contributed by atoms with Gasteiger partial charge in [0.05, 0.1) is 12.2 Å². The zero-order valence-corrected chi connectivity index (χ0v) is 33.1. The predicted molar refractivity (Wildman–Crippen MR) is 208 cm³/mol. The zero-order chi connectivity index (χ0) is 34.5. The van der Waals surface area contributed by atoms with E-state index in [0.29, 0.717) is 6.04 Å². The molecule has 3 unspecified atom stereocenters. The molecule has 280 valence electrons. The first kappa shape index (κ1) is 48.0. The van der Waals surface area contributed by atoms with Gasteiger partial charge in [0.1, 0.15) is 0 Å². The Morgan fingerprint density at radius 1 is 0.370 bits per heavy atom. The van der Waals surface area contributed by atoms with Crippen molar-refractivity contribution < 1.29 is 10.2 Å².